The van der Waals surface area contributed by atoms with Gasteiger partial charge in [-0.2, -0.15) is 0 Å². The molecule has 1 aromatic carbocycles. The fourth-order valence-electron chi connectivity index (χ4n) is 2.81. The van der Waals surface area contributed by atoms with Crippen molar-refractivity contribution in [2.24, 2.45) is 5.92 Å². The molecule has 1 fully saturated rings. The van der Waals surface area contributed by atoms with Crippen LogP contribution >= 0.6 is 0 Å². The molecule has 1 heterocycles. The van der Waals surface area contributed by atoms with Crippen LogP contribution in [-0.2, 0) is 11.3 Å². The quantitative estimate of drug-likeness (QED) is 0.811. The Morgan fingerprint density at radius 2 is 2.30 bits per heavy atom. The molecule has 0 bridgehead atoms. The minimum Gasteiger partial charge on any atom is -0.383 e. The number of methoxy groups -OCH3 is 1. The van der Waals surface area contributed by atoms with Gasteiger partial charge in [0.05, 0.1) is 6.61 Å². The molecule has 0 aromatic heterocycles. The van der Waals surface area contributed by atoms with Gasteiger partial charge < -0.3 is 15.0 Å². The average Bonchev–Trinajstić information content (AvgIpc) is 2.45. The van der Waals surface area contributed by atoms with Crippen LogP contribution in [-0.4, -0.2) is 33.4 Å². The van der Waals surface area contributed by atoms with Gasteiger partial charge >= 0.3 is 0 Å². The molecule has 0 amide bonds. The summed E-state index contributed by atoms with van der Waals surface area (Å²) in [5.74, 6) is 0.562. The Balaban J connectivity index is 2.09. The van der Waals surface area contributed by atoms with Crippen LogP contribution in [0.5, 0.6) is 0 Å². The van der Waals surface area contributed by atoms with Crippen molar-refractivity contribution < 1.29 is 9.13 Å². The largest absolute Gasteiger partial charge is 0.383 e. The molecule has 1 aromatic rings. The Hall–Kier alpha value is -1.13. The smallest absolute Gasteiger partial charge is 0.129 e. The first kappa shape index (κ1) is 15.3. The number of benzene rings is 1. The topological polar surface area (TPSA) is 24.5 Å². The molecule has 1 atom stereocenters. The zero-order valence-corrected chi connectivity index (χ0v) is 12.5. The number of hydrogen-bond acceptors (Lipinski definition) is 3. The molecule has 1 N–H and O–H groups in total. The van der Waals surface area contributed by atoms with Gasteiger partial charge in [-0.1, -0.05) is 13.0 Å². The maximum atomic E-state index is 14.1. The van der Waals surface area contributed by atoms with Gasteiger partial charge in [-0.25, -0.2) is 4.39 Å². The van der Waals surface area contributed by atoms with Crippen molar-refractivity contribution in [2.75, 3.05) is 38.3 Å². The van der Waals surface area contributed by atoms with Crippen LogP contribution < -0.4 is 10.2 Å². The molecule has 0 aliphatic carbocycles. The van der Waals surface area contributed by atoms with E-state index in [2.05, 4.69) is 17.1 Å². The van der Waals surface area contributed by atoms with Crippen LogP contribution in [0.2, 0.25) is 0 Å². The highest BCUT2D eigenvalue weighted by Crippen LogP contribution is 2.27. The van der Waals surface area contributed by atoms with E-state index in [-0.39, 0.29) is 5.82 Å². The summed E-state index contributed by atoms with van der Waals surface area (Å²) in [4.78, 5) is 2.32. The van der Waals surface area contributed by atoms with E-state index in [0.717, 1.165) is 30.9 Å². The van der Waals surface area contributed by atoms with Crippen LogP contribution in [0.3, 0.4) is 0 Å². The van der Waals surface area contributed by atoms with Crippen molar-refractivity contribution in [3.05, 3.63) is 29.6 Å². The fraction of sp³-hybridized carbons (Fsp3) is 0.625. The SMILES string of the molecule is COCCNCc1c(F)cccc1N1CCCC(C)C1. The summed E-state index contributed by atoms with van der Waals surface area (Å²) >= 11 is 0. The summed E-state index contributed by atoms with van der Waals surface area (Å²) in [5, 5.41) is 3.24. The molecule has 4 heteroatoms. The molecule has 1 aliphatic heterocycles. The molecule has 0 saturated carbocycles. The van der Waals surface area contributed by atoms with Crippen LogP contribution in [0.15, 0.2) is 18.2 Å². The molecule has 3 nitrogen and oxygen atoms in total. The third-order valence-corrected chi connectivity index (χ3v) is 3.88. The van der Waals surface area contributed by atoms with Crippen molar-refractivity contribution in [3.8, 4) is 0 Å². The van der Waals surface area contributed by atoms with Crippen molar-refractivity contribution in [3.63, 3.8) is 0 Å². The maximum absolute atomic E-state index is 14.1. The summed E-state index contributed by atoms with van der Waals surface area (Å²) in [6.45, 7) is 6.25. The Kier molecular flexibility index (Phi) is 5.80. The highest BCUT2D eigenvalue weighted by atomic mass is 19.1. The maximum Gasteiger partial charge on any atom is 0.129 e. The third kappa shape index (κ3) is 3.93. The molecule has 1 saturated heterocycles. The molecule has 0 radical (unpaired) electrons. The number of piperidine rings is 1. The third-order valence-electron chi connectivity index (χ3n) is 3.88. The normalized spacial score (nSPS) is 19.4. The van der Waals surface area contributed by atoms with E-state index in [1.165, 1.54) is 12.8 Å². The molecule has 112 valence electrons. The molecule has 1 unspecified atom stereocenters. The fourth-order valence-corrected chi connectivity index (χ4v) is 2.81. The zero-order valence-electron chi connectivity index (χ0n) is 12.5. The molecular formula is C16H25FN2O. The highest BCUT2D eigenvalue weighted by molar-refractivity contribution is 5.54. The molecule has 1 aliphatic rings. The van der Waals surface area contributed by atoms with Gasteiger partial charge in [0.2, 0.25) is 0 Å². The van der Waals surface area contributed by atoms with Gasteiger partial charge in [0.1, 0.15) is 5.82 Å². The second-order valence-corrected chi connectivity index (χ2v) is 5.60. The molecule has 20 heavy (non-hydrogen) atoms. The summed E-state index contributed by atoms with van der Waals surface area (Å²) < 4.78 is 19.1. The van der Waals surface area contributed by atoms with Crippen molar-refractivity contribution in [1.29, 1.82) is 0 Å². The lowest BCUT2D eigenvalue weighted by Gasteiger charge is -2.34. The Bertz CT molecular complexity index is 425. The zero-order chi connectivity index (χ0) is 14.4. The summed E-state index contributed by atoms with van der Waals surface area (Å²) in [7, 11) is 1.67. The lowest BCUT2D eigenvalue weighted by molar-refractivity contribution is 0.199. The lowest BCUT2D eigenvalue weighted by atomic mass is 9.98. The van der Waals surface area contributed by atoms with E-state index in [9.17, 15) is 4.39 Å². The van der Waals surface area contributed by atoms with E-state index in [1.807, 2.05) is 12.1 Å². The first-order valence-corrected chi connectivity index (χ1v) is 7.44. The number of rotatable bonds is 6. The summed E-state index contributed by atoms with van der Waals surface area (Å²) in [5.41, 5.74) is 1.82. The van der Waals surface area contributed by atoms with Crippen molar-refractivity contribution in [1.82, 2.24) is 5.32 Å². The summed E-state index contributed by atoms with van der Waals surface area (Å²) in [6, 6.07) is 5.39. The van der Waals surface area contributed by atoms with Crippen LogP contribution in [0.4, 0.5) is 10.1 Å². The van der Waals surface area contributed by atoms with Gasteiger partial charge in [0.25, 0.3) is 0 Å². The van der Waals surface area contributed by atoms with E-state index >= 15 is 0 Å². The first-order valence-electron chi connectivity index (χ1n) is 7.44. The van der Waals surface area contributed by atoms with Gasteiger partial charge in [-0.05, 0) is 30.9 Å². The highest BCUT2D eigenvalue weighted by Gasteiger charge is 2.20. The number of nitrogens with zero attached hydrogens (tertiary/aromatic N) is 1. The van der Waals surface area contributed by atoms with Gasteiger partial charge in [-0.3, -0.25) is 0 Å². The average molecular weight is 280 g/mol. The number of ether oxygens (including phenoxy) is 1. The van der Waals surface area contributed by atoms with E-state index < -0.39 is 0 Å². The Labute approximate surface area is 121 Å². The predicted octanol–water partition coefficient (Wildman–Crippen LogP) is 2.80. The number of anilines is 1. The van der Waals surface area contributed by atoms with E-state index in [4.69, 9.17) is 4.74 Å². The molecule has 2 rings (SSSR count). The predicted molar refractivity (Wildman–Crippen MR) is 80.6 cm³/mol. The van der Waals surface area contributed by atoms with Gasteiger partial charge in [0, 0.05) is 44.5 Å². The first-order chi connectivity index (χ1) is 9.72. The second-order valence-electron chi connectivity index (χ2n) is 5.60. The number of hydrogen-bond donors (Lipinski definition) is 1. The van der Waals surface area contributed by atoms with Crippen molar-refractivity contribution in [2.45, 2.75) is 26.3 Å². The minimum atomic E-state index is -0.120. The van der Waals surface area contributed by atoms with Crippen LogP contribution in [0.1, 0.15) is 25.3 Å². The monoisotopic (exact) mass is 280 g/mol. The van der Waals surface area contributed by atoms with Crippen LogP contribution in [0.25, 0.3) is 0 Å². The minimum absolute atomic E-state index is 0.120. The summed E-state index contributed by atoms with van der Waals surface area (Å²) in [6.07, 6.45) is 2.46. The molecule has 0 spiro atoms. The van der Waals surface area contributed by atoms with Crippen LogP contribution in [0, 0.1) is 11.7 Å². The van der Waals surface area contributed by atoms with Crippen molar-refractivity contribution >= 4 is 5.69 Å². The van der Waals surface area contributed by atoms with E-state index in [0.29, 0.717) is 19.1 Å². The Morgan fingerprint density at radius 1 is 1.45 bits per heavy atom. The van der Waals surface area contributed by atoms with E-state index in [1.54, 1.807) is 13.2 Å². The lowest BCUT2D eigenvalue weighted by Crippen LogP contribution is -2.35. The van der Waals surface area contributed by atoms with Gasteiger partial charge in [-0.15, -0.1) is 0 Å². The standard InChI is InChI=1S/C16H25FN2O/c1-13-5-4-9-19(12-13)16-7-3-6-15(17)14(16)11-18-8-10-20-2/h3,6-7,13,18H,4-5,8-12H2,1-2H3. The molecular weight excluding hydrogens is 255 g/mol. The Morgan fingerprint density at radius 3 is 3.05 bits per heavy atom. The second kappa shape index (κ2) is 7.60. The number of nitrogens with one attached hydrogen (secondary N) is 1. The van der Waals surface area contributed by atoms with Gasteiger partial charge in [0.15, 0.2) is 0 Å². The number of halogens is 1.